The summed E-state index contributed by atoms with van der Waals surface area (Å²) in [6, 6.07) is 5.43. The van der Waals surface area contributed by atoms with Crippen molar-refractivity contribution < 1.29 is 13.9 Å². The molecule has 3 aliphatic rings. The number of rotatable bonds is 5. The quantitative estimate of drug-likeness (QED) is 0.700. The van der Waals surface area contributed by atoms with Gasteiger partial charge in [-0.1, -0.05) is 30.4 Å². The molecule has 1 aromatic carbocycles. The largest absolute Gasteiger partial charge is 0.495 e. The van der Waals surface area contributed by atoms with Crippen molar-refractivity contribution in [3.63, 3.8) is 0 Å². The van der Waals surface area contributed by atoms with Crippen LogP contribution in [0.15, 0.2) is 65.6 Å². The monoisotopic (exact) mass is 447 g/mol. The maximum atomic E-state index is 13.5. The number of hydrazine groups is 1. The van der Waals surface area contributed by atoms with Crippen molar-refractivity contribution >= 4 is 17.8 Å². The normalized spacial score (nSPS) is 23.1. The lowest BCUT2D eigenvalue weighted by molar-refractivity contribution is -0.126. The third kappa shape index (κ3) is 4.14. The lowest BCUT2D eigenvalue weighted by atomic mass is 9.98. The van der Waals surface area contributed by atoms with E-state index in [1.165, 1.54) is 6.08 Å². The number of halogens is 1. The maximum absolute atomic E-state index is 13.5. The van der Waals surface area contributed by atoms with Crippen LogP contribution in [0.3, 0.4) is 0 Å². The van der Waals surface area contributed by atoms with Gasteiger partial charge in [-0.25, -0.2) is 14.4 Å². The predicted octanol–water partition coefficient (Wildman–Crippen LogP) is 3.66. The second kappa shape index (κ2) is 8.78. The summed E-state index contributed by atoms with van der Waals surface area (Å²) in [4.78, 5) is 21.6. The van der Waals surface area contributed by atoms with Crippen LogP contribution < -0.4 is 4.74 Å². The number of amidine groups is 1. The molecule has 2 atom stereocenters. The highest BCUT2D eigenvalue weighted by atomic mass is 19.1. The molecule has 1 aliphatic carbocycles. The van der Waals surface area contributed by atoms with E-state index in [1.54, 1.807) is 19.5 Å². The van der Waals surface area contributed by atoms with Crippen LogP contribution in [0.2, 0.25) is 0 Å². The second-order valence-electron chi connectivity index (χ2n) is 8.35. The Balaban J connectivity index is 1.40. The van der Waals surface area contributed by atoms with E-state index in [1.807, 2.05) is 54.1 Å². The Labute approximate surface area is 192 Å². The van der Waals surface area contributed by atoms with Gasteiger partial charge in [-0.3, -0.25) is 9.80 Å². The molecule has 33 heavy (non-hydrogen) atoms. The number of aliphatic imine (C=N–C) groups is 1. The van der Waals surface area contributed by atoms with Gasteiger partial charge in [0.15, 0.2) is 0 Å². The van der Waals surface area contributed by atoms with Crippen molar-refractivity contribution in [2.24, 2.45) is 4.99 Å². The van der Waals surface area contributed by atoms with E-state index in [-0.39, 0.29) is 5.91 Å². The number of carbonyl (C=O) groups is 1. The standard InChI is InChI=1S/C25H26FN5O2/c1-17-15-29(16-27-17)21-10-4-18(14-22(21)33-2)5-11-23-28-25(32)24(31-13-3-12-30(23)31)19-6-8-20(26)9-7-19/h4-8,10-11,14-16,20,24H,3,9,12-13H2,1-2H3. The van der Waals surface area contributed by atoms with Crippen molar-refractivity contribution in [2.75, 3.05) is 20.2 Å². The number of aromatic nitrogens is 2. The highest BCUT2D eigenvalue weighted by Crippen LogP contribution is 2.29. The highest BCUT2D eigenvalue weighted by molar-refractivity contribution is 6.07. The Morgan fingerprint density at radius 2 is 2.12 bits per heavy atom. The van der Waals surface area contributed by atoms with Crippen molar-refractivity contribution in [2.45, 2.75) is 32.0 Å². The Morgan fingerprint density at radius 3 is 2.85 bits per heavy atom. The van der Waals surface area contributed by atoms with Crippen molar-refractivity contribution in [1.82, 2.24) is 19.6 Å². The first-order valence-corrected chi connectivity index (χ1v) is 11.1. The zero-order chi connectivity index (χ0) is 22.9. The Hall–Kier alpha value is -3.52. The third-order valence-corrected chi connectivity index (χ3v) is 6.10. The Kier molecular flexibility index (Phi) is 5.68. The van der Waals surface area contributed by atoms with Gasteiger partial charge in [-0.15, -0.1) is 0 Å². The molecule has 0 bridgehead atoms. The molecule has 1 amide bonds. The lowest BCUT2D eigenvalue weighted by Crippen LogP contribution is -2.54. The average molecular weight is 448 g/mol. The molecule has 1 aromatic heterocycles. The number of fused-ring (bicyclic) bond motifs is 1. The molecular formula is C25H26FN5O2. The number of imidazole rings is 1. The van der Waals surface area contributed by atoms with E-state index in [0.29, 0.717) is 12.3 Å². The number of hydrogen-bond acceptors (Lipinski definition) is 5. The fourth-order valence-electron chi connectivity index (χ4n) is 4.49. The molecule has 0 saturated carbocycles. The molecule has 1 saturated heterocycles. The molecule has 1 fully saturated rings. The number of ether oxygens (including phenoxy) is 1. The molecule has 0 spiro atoms. The Bertz CT molecular complexity index is 1200. The van der Waals surface area contributed by atoms with E-state index in [2.05, 4.69) is 20.0 Å². The van der Waals surface area contributed by atoms with Crippen molar-refractivity contribution in [1.29, 1.82) is 0 Å². The van der Waals surface area contributed by atoms with Crippen LogP contribution in [0.5, 0.6) is 5.75 Å². The number of allylic oxidation sites excluding steroid dienone is 2. The summed E-state index contributed by atoms with van der Waals surface area (Å²) in [7, 11) is 1.64. The first kappa shape index (κ1) is 21.3. The van der Waals surface area contributed by atoms with Crippen LogP contribution in [-0.2, 0) is 4.79 Å². The van der Waals surface area contributed by atoms with Gasteiger partial charge in [0.2, 0.25) is 0 Å². The molecule has 170 valence electrons. The zero-order valence-corrected chi connectivity index (χ0v) is 18.7. The molecule has 2 aliphatic heterocycles. The second-order valence-corrected chi connectivity index (χ2v) is 8.35. The van der Waals surface area contributed by atoms with E-state index in [0.717, 1.165) is 47.8 Å². The van der Waals surface area contributed by atoms with Gasteiger partial charge in [0.1, 0.15) is 23.8 Å². The molecule has 8 heteroatoms. The molecule has 2 aromatic rings. The summed E-state index contributed by atoms with van der Waals surface area (Å²) in [6.45, 7) is 3.50. The topological polar surface area (TPSA) is 63.0 Å². The number of alkyl halides is 1. The van der Waals surface area contributed by atoms with Gasteiger partial charge in [0.05, 0.1) is 24.8 Å². The number of carbonyl (C=O) groups excluding carboxylic acids is 1. The minimum atomic E-state index is -0.981. The van der Waals surface area contributed by atoms with Gasteiger partial charge in [0.25, 0.3) is 5.91 Å². The first-order valence-electron chi connectivity index (χ1n) is 11.1. The van der Waals surface area contributed by atoms with E-state index >= 15 is 0 Å². The number of methoxy groups -OCH3 is 1. The SMILES string of the molecule is COc1cc(C=CC2=NC(=O)C(C3=CCC(F)C=C3)N3CCCN23)ccc1-n1cnc(C)c1. The summed E-state index contributed by atoms with van der Waals surface area (Å²) in [5.74, 6) is 1.12. The predicted molar refractivity (Wildman–Crippen MR) is 125 cm³/mol. The van der Waals surface area contributed by atoms with Gasteiger partial charge in [-0.2, -0.15) is 4.99 Å². The number of hydrogen-bond donors (Lipinski definition) is 0. The third-order valence-electron chi connectivity index (χ3n) is 6.10. The lowest BCUT2D eigenvalue weighted by Gasteiger charge is -2.38. The average Bonchev–Trinajstić information content (AvgIpc) is 3.47. The minimum absolute atomic E-state index is 0.218. The summed E-state index contributed by atoms with van der Waals surface area (Å²) in [5, 5.41) is 4.10. The highest BCUT2D eigenvalue weighted by Gasteiger charge is 2.40. The van der Waals surface area contributed by atoms with Crippen LogP contribution >= 0.6 is 0 Å². The molecular weight excluding hydrogens is 421 g/mol. The Morgan fingerprint density at radius 1 is 1.24 bits per heavy atom. The van der Waals surface area contributed by atoms with E-state index < -0.39 is 12.2 Å². The van der Waals surface area contributed by atoms with Gasteiger partial charge in [-0.05, 0) is 42.7 Å². The summed E-state index contributed by atoms with van der Waals surface area (Å²) >= 11 is 0. The summed E-state index contributed by atoms with van der Waals surface area (Å²) in [5.41, 5.74) is 3.59. The molecule has 0 N–H and O–H groups in total. The summed E-state index contributed by atoms with van der Waals surface area (Å²) < 4.78 is 21.0. The smallest absolute Gasteiger partial charge is 0.271 e. The number of benzene rings is 1. The maximum Gasteiger partial charge on any atom is 0.271 e. The number of nitrogens with zero attached hydrogens (tertiary/aromatic N) is 5. The molecule has 0 radical (unpaired) electrons. The van der Waals surface area contributed by atoms with Crippen molar-refractivity contribution in [3.05, 3.63) is 71.9 Å². The van der Waals surface area contributed by atoms with Crippen LogP contribution in [0, 0.1) is 6.92 Å². The van der Waals surface area contributed by atoms with Crippen molar-refractivity contribution in [3.8, 4) is 11.4 Å². The van der Waals surface area contributed by atoms with E-state index in [9.17, 15) is 9.18 Å². The van der Waals surface area contributed by atoms with Gasteiger partial charge < -0.3 is 9.30 Å². The van der Waals surface area contributed by atoms with Gasteiger partial charge >= 0.3 is 0 Å². The molecule has 2 unspecified atom stereocenters. The van der Waals surface area contributed by atoms with Crippen LogP contribution in [0.1, 0.15) is 24.1 Å². The molecule has 7 nitrogen and oxygen atoms in total. The van der Waals surface area contributed by atoms with E-state index in [4.69, 9.17) is 4.74 Å². The molecule has 5 rings (SSSR count). The number of aryl methyl sites for hydroxylation is 1. The fourth-order valence-corrected chi connectivity index (χ4v) is 4.49. The first-order chi connectivity index (χ1) is 16.0. The minimum Gasteiger partial charge on any atom is -0.495 e. The molecule has 3 heterocycles. The van der Waals surface area contributed by atoms with Crippen LogP contribution in [0.25, 0.3) is 11.8 Å². The van der Waals surface area contributed by atoms with Crippen LogP contribution in [0.4, 0.5) is 4.39 Å². The van der Waals surface area contributed by atoms with Gasteiger partial charge in [0, 0.05) is 25.7 Å². The van der Waals surface area contributed by atoms with Crippen LogP contribution in [-0.4, -0.2) is 63.7 Å². The zero-order valence-electron chi connectivity index (χ0n) is 18.7. The fraction of sp³-hybridized carbons (Fsp3) is 0.320. The summed E-state index contributed by atoms with van der Waals surface area (Å²) in [6.07, 6.45) is 12.8. The number of amides is 1.